The van der Waals surface area contributed by atoms with E-state index in [-0.39, 0.29) is 41.5 Å². The van der Waals surface area contributed by atoms with Crippen LogP contribution < -0.4 is 5.32 Å². The van der Waals surface area contributed by atoms with Gasteiger partial charge in [0, 0.05) is 17.7 Å². The molecule has 3 rings (SSSR count). The molecule has 1 aliphatic rings. The van der Waals surface area contributed by atoms with E-state index in [2.05, 4.69) is 10.3 Å². The summed E-state index contributed by atoms with van der Waals surface area (Å²) < 4.78 is 76.1. The SMILES string of the molecule is Cc1nc(NC(=O)OC2(S(=O)(=O)c3ccc(C(F)(F)F)cc3)CCOCC2)sc1C(C)(C)C. The van der Waals surface area contributed by atoms with E-state index < -0.39 is 32.6 Å². The van der Waals surface area contributed by atoms with E-state index in [0.29, 0.717) is 12.1 Å². The van der Waals surface area contributed by atoms with Gasteiger partial charge in [0.1, 0.15) is 0 Å². The van der Waals surface area contributed by atoms with Crippen molar-refractivity contribution in [1.82, 2.24) is 4.98 Å². The fraction of sp³-hybridized carbons (Fsp3) is 0.524. The number of carbonyl (C=O) groups is 1. The van der Waals surface area contributed by atoms with Crippen molar-refractivity contribution in [3.8, 4) is 0 Å². The molecule has 2 heterocycles. The molecule has 1 saturated heterocycles. The molecule has 0 aliphatic carbocycles. The van der Waals surface area contributed by atoms with Crippen LogP contribution in [0.5, 0.6) is 0 Å². The number of alkyl halides is 3. The number of amides is 1. The van der Waals surface area contributed by atoms with Gasteiger partial charge in [0.25, 0.3) is 0 Å². The summed E-state index contributed by atoms with van der Waals surface area (Å²) in [4.78, 5) is 15.6. The van der Waals surface area contributed by atoms with Gasteiger partial charge in [0.05, 0.1) is 29.4 Å². The predicted molar refractivity (Wildman–Crippen MR) is 117 cm³/mol. The molecule has 0 unspecified atom stereocenters. The van der Waals surface area contributed by atoms with Crippen molar-refractivity contribution in [2.24, 2.45) is 0 Å². The lowest BCUT2D eigenvalue weighted by Crippen LogP contribution is -2.48. The number of ether oxygens (including phenoxy) is 2. The average Bonchev–Trinajstić information content (AvgIpc) is 3.08. The number of benzene rings is 1. The minimum Gasteiger partial charge on any atom is -0.426 e. The van der Waals surface area contributed by atoms with Crippen molar-refractivity contribution in [2.75, 3.05) is 18.5 Å². The Morgan fingerprint density at radius 2 is 1.73 bits per heavy atom. The number of hydrogen-bond acceptors (Lipinski definition) is 7. The predicted octanol–water partition coefficient (Wildman–Crippen LogP) is 5.30. The maximum Gasteiger partial charge on any atom is 0.416 e. The number of sulfone groups is 1. The highest BCUT2D eigenvalue weighted by molar-refractivity contribution is 7.92. The number of aryl methyl sites for hydroxylation is 1. The minimum atomic E-state index is -4.60. The Morgan fingerprint density at radius 1 is 1.15 bits per heavy atom. The number of carbonyl (C=O) groups excluding carboxylic acids is 1. The maximum absolute atomic E-state index is 13.4. The van der Waals surface area contributed by atoms with E-state index >= 15 is 0 Å². The quantitative estimate of drug-likeness (QED) is 0.605. The molecule has 0 saturated carbocycles. The van der Waals surface area contributed by atoms with Gasteiger partial charge in [-0.05, 0) is 36.6 Å². The summed E-state index contributed by atoms with van der Waals surface area (Å²) in [7, 11) is -4.35. The smallest absolute Gasteiger partial charge is 0.416 e. The molecule has 0 bridgehead atoms. The molecule has 7 nitrogen and oxygen atoms in total. The van der Waals surface area contributed by atoms with Crippen molar-refractivity contribution in [1.29, 1.82) is 0 Å². The summed E-state index contributed by atoms with van der Waals surface area (Å²) in [6, 6.07) is 3.12. The van der Waals surface area contributed by atoms with Gasteiger partial charge < -0.3 is 9.47 Å². The molecule has 0 radical (unpaired) electrons. The molecule has 33 heavy (non-hydrogen) atoms. The molecule has 1 aromatic heterocycles. The van der Waals surface area contributed by atoms with Crippen LogP contribution in [0.1, 0.15) is 49.7 Å². The summed E-state index contributed by atoms with van der Waals surface area (Å²) in [6.07, 6.45) is -5.93. The second-order valence-corrected chi connectivity index (χ2v) is 12.0. The number of anilines is 1. The van der Waals surface area contributed by atoms with Crippen LogP contribution >= 0.6 is 11.3 Å². The molecule has 12 heteroatoms. The van der Waals surface area contributed by atoms with Crippen LogP contribution in [0.4, 0.5) is 23.1 Å². The zero-order valence-corrected chi connectivity index (χ0v) is 20.2. The maximum atomic E-state index is 13.4. The standard InChI is InChI=1S/C21H25F3N2O5S2/c1-13-16(19(2,3)4)32-17(25-13)26-18(27)31-20(9-11-30-12-10-20)33(28,29)15-7-5-14(6-8-15)21(22,23)24/h5-8H,9-12H2,1-4H3,(H,25,26,27). The average molecular weight is 507 g/mol. The zero-order valence-electron chi connectivity index (χ0n) is 18.6. The van der Waals surface area contributed by atoms with E-state index in [4.69, 9.17) is 9.47 Å². The van der Waals surface area contributed by atoms with E-state index in [0.717, 1.165) is 22.7 Å². The number of halogens is 3. The van der Waals surface area contributed by atoms with E-state index in [1.54, 1.807) is 0 Å². The highest BCUT2D eigenvalue weighted by Gasteiger charge is 2.50. The first-order chi connectivity index (χ1) is 15.2. The van der Waals surface area contributed by atoms with Crippen LogP contribution in [0, 0.1) is 6.92 Å². The molecule has 1 aromatic carbocycles. The first kappa shape index (κ1) is 25.4. The zero-order chi connectivity index (χ0) is 24.7. The second-order valence-electron chi connectivity index (χ2n) is 8.75. The third-order valence-electron chi connectivity index (χ3n) is 5.20. The fourth-order valence-corrected chi connectivity index (χ4v) is 6.40. The van der Waals surface area contributed by atoms with E-state index in [9.17, 15) is 26.4 Å². The topological polar surface area (TPSA) is 94.6 Å². The highest BCUT2D eigenvalue weighted by Crippen LogP contribution is 2.38. The number of hydrogen-bond donors (Lipinski definition) is 1. The van der Waals surface area contributed by atoms with Crippen LogP contribution in [0.15, 0.2) is 29.2 Å². The first-order valence-corrected chi connectivity index (χ1v) is 12.4. The van der Waals surface area contributed by atoms with Crippen LogP contribution in [-0.4, -0.2) is 37.6 Å². The Hall–Kier alpha value is -2.18. The molecule has 1 amide bonds. The van der Waals surface area contributed by atoms with Crippen LogP contribution in [0.25, 0.3) is 0 Å². The van der Waals surface area contributed by atoms with Gasteiger partial charge >= 0.3 is 12.3 Å². The Balaban J connectivity index is 1.87. The lowest BCUT2D eigenvalue weighted by Gasteiger charge is -2.35. The molecule has 1 N–H and O–H groups in total. The molecule has 0 atom stereocenters. The number of aromatic nitrogens is 1. The Bertz CT molecular complexity index is 1110. The van der Waals surface area contributed by atoms with Crippen molar-refractivity contribution >= 4 is 32.4 Å². The molecular weight excluding hydrogens is 481 g/mol. The Kier molecular flexibility index (Phi) is 6.84. The van der Waals surface area contributed by atoms with Gasteiger partial charge in [-0.25, -0.2) is 18.2 Å². The lowest BCUT2D eigenvalue weighted by molar-refractivity contribution is -0.137. The van der Waals surface area contributed by atoms with Gasteiger partial charge in [-0.1, -0.05) is 20.8 Å². The van der Waals surface area contributed by atoms with Gasteiger partial charge in [-0.15, -0.1) is 11.3 Å². The lowest BCUT2D eigenvalue weighted by atomic mass is 9.94. The monoisotopic (exact) mass is 506 g/mol. The number of nitrogens with zero attached hydrogens (tertiary/aromatic N) is 1. The molecule has 1 aliphatic heterocycles. The van der Waals surface area contributed by atoms with Gasteiger partial charge in [0.15, 0.2) is 5.13 Å². The molecule has 0 spiro atoms. The van der Waals surface area contributed by atoms with Crippen molar-refractivity contribution < 1.29 is 35.9 Å². The summed E-state index contributed by atoms with van der Waals surface area (Å²) in [5.74, 6) is 0. The first-order valence-electron chi connectivity index (χ1n) is 10.1. The molecular formula is C21H25F3N2O5S2. The van der Waals surface area contributed by atoms with E-state index in [1.807, 2.05) is 27.7 Å². The summed E-state index contributed by atoms with van der Waals surface area (Å²) >= 11 is 1.26. The molecule has 2 aromatic rings. The Labute approximate surface area is 194 Å². The fourth-order valence-electron chi connectivity index (χ4n) is 3.57. The largest absolute Gasteiger partial charge is 0.426 e. The summed E-state index contributed by atoms with van der Waals surface area (Å²) in [5.41, 5.74) is -0.435. The highest BCUT2D eigenvalue weighted by atomic mass is 32.2. The third kappa shape index (κ3) is 5.33. The second kappa shape index (κ2) is 8.88. The van der Waals surface area contributed by atoms with Crippen molar-refractivity contribution in [3.63, 3.8) is 0 Å². The number of rotatable bonds is 4. The van der Waals surface area contributed by atoms with Crippen LogP contribution in [-0.2, 0) is 30.9 Å². The number of nitrogens with one attached hydrogen (secondary N) is 1. The van der Waals surface area contributed by atoms with Gasteiger partial charge in [-0.2, -0.15) is 13.2 Å². The van der Waals surface area contributed by atoms with Gasteiger partial charge in [-0.3, -0.25) is 5.32 Å². The third-order valence-corrected chi connectivity index (χ3v) is 9.06. The minimum absolute atomic E-state index is 0.0116. The van der Waals surface area contributed by atoms with Gasteiger partial charge in [0.2, 0.25) is 14.8 Å². The summed E-state index contributed by atoms with van der Waals surface area (Å²) in [6.45, 7) is 7.84. The Morgan fingerprint density at radius 3 is 2.21 bits per heavy atom. The van der Waals surface area contributed by atoms with E-state index in [1.165, 1.54) is 11.3 Å². The number of thiazole rings is 1. The van der Waals surface area contributed by atoms with Crippen molar-refractivity contribution in [3.05, 3.63) is 40.4 Å². The van der Waals surface area contributed by atoms with Crippen LogP contribution in [0.3, 0.4) is 0 Å². The van der Waals surface area contributed by atoms with Crippen molar-refractivity contribution in [2.45, 2.75) is 62.0 Å². The molecule has 1 fully saturated rings. The van der Waals surface area contributed by atoms with Crippen LogP contribution in [0.2, 0.25) is 0 Å². The normalized spacial score (nSPS) is 16.9. The molecule has 182 valence electrons. The summed E-state index contributed by atoms with van der Waals surface area (Å²) in [5, 5.41) is 2.75.